The predicted octanol–water partition coefficient (Wildman–Crippen LogP) is 4.57. The summed E-state index contributed by atoms with van der Waals surface area (Å²) in [6, 6.07) is 18.9. The van der Waals surface area contributed by atoms with Crippen LogP contribution in [0.5, 0.6) is 5.75 Å². The lowest BCUT2D eigenvalue weighted by Crippen LogP contribution is -2.45. The van der Waals surface area contributed by atoms with E-state index >= 15 is 0 Å². The van der Waals surface area contributed by atoms with E-state index in [9.17, 15) is 5.11 Å². The van der Waals surface area contributed by atoms with E-state index in [1.54, 1.807) is 0 Å². The van der Waals surface area contributed by atoms with Gasteiger partial charge >= 0.3 is 0 Å². The first-order valence-corrected chi connectivity index (χ1v) is 10.9. The molecule has 0 amide bonds. The summed E-state index contributed by atoms with van der Waals surface area (Å²) in [5.41, 5.74) is 1.95. The SMILES string of the molecule is CC(C)COc1ccc(N(C)CCC2(O)CCN(Cc3ccccc3)CC2)cc1. The molecule has 1 aliphatic rings. The fourth-order valence-corrected chi connectivity index (χ4v) is 3.78. The Balaban J connectivity index is 1.43. The fourth-order valence-electron chi connectivity index (χ4n) is 3.78. The Labute approximate surface area is 176 Å². The summed E-state index contributed by atoms with van der Waals surface area (Å²) in [7, 11) is 2.10. The molecule has 0 atom stereocenters. The molecule has 29 heavy (non-hydrogen) atoms. The molecule has 1 N–H and O–H groups in total. The van der Waals surface area contributed by atoms with E-state index in [0.29, 0.717) is 5.92 Å². The summed E-state index contributed by atoms with van der Waals surface area (Å²) in [6.07, 6.45) is 2.49. The van der Waals surface area contributed by atoms with Crippen molar-refractivity contribution in [2.45, 2.75) is 45.3 Å². The zero-order valence-corrected chi connectivity index (χ0v) is 18.2. The van der Waals surface area contributed by atoms with Crippen LogP contribution in [0.3, 0.4) is 0 Å². The van der Waals surface area contributed by atoms with Crippen LogP contribution in [0.15, 0.2) is 54.6 Å². The molecule has 2 aromatic carbocycles. The van der Waals surface area contributed by atoms with Crippen LogP contribution in [-0.2, 0) is 6.54 Å². The number of hydrogen-bond acceptors (Lipinski definition) is 4. The fraction of sp³-hybridized carbons (Fsp3) is 0.520. The lowest BCUT2D eigenvalue weighted by molar-refractivity contribution is -0.0275. The van der Waals surface area contributed by atoms with Crippen LogP contribution >= 0.6 is 0 Å². The van der Waals surface area contributed by atoms with E-state index in [0.717, 1.165) is 63.5 Å². The molecule has 0 aromatic heterocycles. The molecule has 1 heterocycles. The average molecular weight is 397 g/mol. The molecule has 0 unspecified atom stereocenters. The van der Waals surface area contributed by atoms with Gasteiger partial charge in [0.25, 0.3) is 0 Å². The van der Waals surface area contributed by atoms with Gasteiger partial charge in [-0.05, 0) is 55.0 Å². The smallest absolute Gasteiger partial charge is 0.119 e. The maximum atomic E-state index is 11.0. The topological polar surface area (TPSA) is 35.9 Å². The van der Waals surface area contributed by atoms with Crippen LogP contribution in [0.1, 0.15) is 38.7 Å². The van der Waals surface area contributed by atoms with Gasteiger partial charge in [-0.3, -0.25) is 4.90 Å². The van der Waals surface area contributed by atoms with Crippen LogP contribution in [-0.4, -0.2) is 48.9 Å². The number of nitrogens with zero attached hydrogens (tertiary/aromatic N) is 2. The molecule has 0 spiro atoms. The molecule has 4 nitrogen and oxygen atoms in total. The number of aliphatic hydroxyl groups is 1. The Morgan fingerprint density at radius 2 is 1.69 bits per heavy atom. The van der Waals surface area contributed by atoms with Gasteiger partial charge in [0.1, 0.15) is 5.75 Å². The van der Waals surface area contributed by atoms with Gasteiger partial charge in [0, 0.05) is 38.9 Å². The summed E-state index contributed by atoms with van der Waals surface area (Å²) < 4.78 is 5.76. The summed E-state index contributed by atoms with van der Waals surface area (Å²) in [4.78, 5) is 4.67. The van der Waals surface area contributed by atoms with Crippen LogP contribution in [0.4, 0.5) is 5.69 Å². The van der Waals surface area contributed by atoms with Crippen LogP contribution < -0.4 is 9.64 Å². The highest BCUT2D eigenvalue weighted by Crippen LogP contribution is 2.28. The standard InChI is InChI=1S/C25H36N2O2/c1-21(2)20-29-24-11-9-23(10-12-24)26(3)16-13-25(28)14-17-27(18-15-25)19-22-7-5-4-6-8-22/h4-12,21,28H,13-20H2,1-3H3. The van der Waals surface area contributed by atoms with Crippen LogP contribution in [0.25, 0.3) is 0 Å². The summed E-state index contributed by atoms with van der Waals surface area (Å²) in [5, 5.41) is 11.0. The first-order valence-electron chi connectivity index (χ1n) is 10.9. The van der Waals surface area contributed by atoms with Gasteiger partial charge in [-0.2, -0.15) is 0 Å². The van der Waals surface area contributed by atoms with Gasteiger partial charge in [0.15, 0.2) is 0 Å². The largest absolute Gasteiger partial charge is 0.493 e. The third-order valence-corrected chi connectivity index (χ3v) is 5.81. The van der Waals surface area contributed by atoms with Crippen molar-refractivity contribution in [3.8, 4) is 5.75 Å². The third-order valence-electron chi connectivity index (χ3n) is 5.81. The lowest BCUT2D eigenvalue weighted by Gasteiger charge is -2.39. The maximum Gasteiger partial charge on any atom is 0.119 e. The zero-order chi connectivity index (χ0) is 20.7. The van der Waals surface area contributed by atoms with E-state index in [4.69, 9.17) is 4.74 Å². The van der Waals surface area contributed by atoms with E-state index in [1.807, 2.05) is 12.1 Å². The lowest BCUT2D eigenvalue weighted by atomic mass is 9.88. The minimum absolute atomic E-state index is 0.525. The van der Waals surface area contributed by atoms with E-state index in [2.05, 4.69) is 73.2 Å². The van der Waals surface area contributed by atoms with Crippen LogP contribution in [0, 0.1) is 5.92 Å². The number of anilines is 1. The number of hydrogen-bond donors (Lipinski definition) is 1. The van der Waals surface area contributed by atoms with Crippen molar-refractivity contribution < 1.29 is 9.84 Å². The minimum atomic E-state index is -0.554. The molecule has 4 heteroatoms. The van der Waals surface area contributed by atoms with Crippen LogP contribution in [0.2, 0.25) is 0 Å². The van der Waals surface area contributed by atoms with Crippen molar-refractivity contribution in [1.29, 1.82) is 0 Å². The summed E-state index contributed by atoms with van der Waals surface area (Å²) in [5.74, 6) is 1.44. The molecule has 1 fully saturated rings. The molecule has 1 saturated heterocycles. The van der Waals surface area contributed by atoms with Crippen molar-refractivity contribution in [2.24, 2.45) is 5.92 Å². The molecule has 3 rings (SSSR count). The molecule has 0 saturated carbocycles. The van der Waals surface area contributed by atoms with Gasteiger partial charge in [-0.25, -0.2) is 0 Å². The monoisotopic (exact) mass is 396 g/mol. The quantitative estimate of drug-likeness (QED) is 0.673. The number of benzene rings is 2. The highest BCUT2D eigenvalue weighted by molar-refractivity contribution is 5.48. The average Bonchev–Trinajstić information content (AvgIpc) is 2.73. The Morgan fingerprint density at radius 1 is 1.03 bits per heavy atom. The van der Waals surface area contributed by atoms with E-state index in [1.165, 1.54) is 5.56 Å². The Bertz CT molecular complexity index is 722. The number of rotatable bonds is 9. The Morgan fingerprint density at radius 3 is 2.31 bits per heavy atom. The number of ether oxygens (including phenoxy) is 1. The van der Waals surface area contributed by atoms with Crippen molar-refractivity contribution in [2.75, 3.05) is 38.2 Å². The minimum Gasteiger partial charge on any atom is -0.493 e. The highest BCUT2D eigenvalue weighted by atomic mass is 16.5. The van der Waals surface area contributed by atoms with Crippen molar-refractivity contribution in [1.82, 2.24) is 4.90 Å². The van der Waals surface area contributed by atoms with Crippen molar-refractivity contribution in [3.05, 3.63) is 60.2 Å². The predicted molar refractivity (Wildman–Crippen MR) is 121 cm³/mol. The van der Waals surface area contributed by atoms with Gasteiger partial charge < -0.3 is 14.7 Å². The maximum absolute atomic E-state index is 11.0. The molecule has 0 aliphatic carbocycles. The van der Waals surface area contributed by atoms with Crippen molar-refractivity contribution >= 4 is 5.69 Å². The summed E-state index contributed by atoms with van der Waals surface area (Å²) >= 11 is 0. The van der Waals surface area contributed by atoms with Crippen molar-refractivity contribution in [3.63, 3.8) is 0 Å². The number of piperidine rings is 1. The second kappa shape index (κ2) is 10.1. The van der Waals surface area contributed by atoms with E-state index in [-0.39, 0.29) is 0 Å². The molecular weight excluding hydrogens is 360 g/mol. The molecular formula is C25H36N2O2. The first-order chi connectivity index (χ1) is 13.9. The molecule has 0 radical (unpaired) electrons. The van der Waals surface area contributed by atoms with Gasteiger partial charge in [0.05, 0.1) is 12.2 Å². The molecule has 0 bridgehead atoms. The van der Waals surface area contributed by atoms with Gasteiger partial charge in [0.2, 0.25) is 0 Å². The second-order valence-electron chi connectivity index (χ2n) is 8.86. The highest BCUT2D eigenvalue weighted by Gasteiger charge is 2.32. The number of likely N-dealkylation sites (tertiary alicyclic amines) is 1. The first kappa shape index (κ1) is 21.7. The molecule has 1 aliphatic heterocycles. The summed E-state index contributed by atoms with van der Waals surface area (Å²) in [6.45, 7) is 8.78. The van der Waals surface area contributed by atoms with Gasteiger partial charge in [-0.1, -0.05) is 44.2 Å². The second-order valence-corrected chi connectivity index (χ2v) is 8.86. The molecule has 158 valence electrons. The molecule has 2 aromatic rings. The Hall–Kier alpha value is -2.04. The Kier molecular flexibility index (Phi) is 7.57. The zero-order valence-electron chi connectivity index (χ0n) is 18.2. The normalized spacial score (nSPS) is 16.7. The third kappa shape index (κ3) is 6.76. The van der Waals surface area contributed by atoms with E-state index < -0.39 is 5.60 Å². The van der Waals surface area contributed by atoms with Gasteiger partial charge in [-0.15, -0.1) is 0 Å².